The lowest BCUT2D eigenvalue weighted by Gasteiger charge is -2.27. The van der Waals surface area contributed by atoms with Crippen LogP contribution in [0.5, 0.6) is 0 Å². The number of aldehydes is 1. The van der Waals surface area contributed by atoms with Gasteiger partial charge in [0.1, 0.15) is 12.3 Å². The Labute approximate surface area is 172 Å². The molecule has 1 aliphatic rings. The van der Waals surface area contributed by atoms with Crippen LogP contribution in [0.2, 0.25) is 0 Å². The number of rotatable bonds is 8. The molecule has 0 bridgehead atoms. The van der Waals surface area contributed by atoms with Gasteiger partial charge in [-0.2, -0.15) is 0 Å². The molecule has 0 aromatic heterocycles. The Hall–Kier alpha value is -2.70. The van der Waals surface area contributed by atoms with E-state index in [0.29, 0.717) is 25.7 Å². The van der Waals surface area contributed by atoms with E-state index < -0.39 is 23.4 Å². The van der Waals surface area contributed by atoms with Gasteiger partial charge < -0.3 is 20.7 Å². The molecular formula is C22H31N3O4. The molecule has 3 amide bonds. The highest BCUT2D eigenvalue weighted by Gasteiger charge is 2.30. The molecule has 3 atom stereocenters. The minimum Gasteiger partial charge on any atom is -0.356 e. The van der Waals surface area contributed by atoms with Gasteiger partial charge in [0.25, 0.3) is 0 Å². The summed E-state index contributed by atoms with van der Waals surface area (Å²) in [7, 11) is 0. The van der Waals surface area contributed by atoms with E-state index >= 15 is 0 Å². The molecule has 1 heterocycles. The molecule has 7 nitrogen and oxygen atoms in total. The molecule has 0 radical (unpaired) electrons. The Bertz CT molecular complexity index is 727. The van der Waals surface area contributed by atoms with Crippen LogP contribution >= 0.6 is 0 Å². The Morgan fingerprint density at radius 3 is 2.48 bits per heavy atom. The number of hydrogen-bond acceptors (Lipinski definition) is 4. The van der Waals surface area contributed by atoms with Gasteiger partial charge in [-0.1, -0.05) is 51.1 Å². The van der Waals surface area contributed by atoms with E-state index in [0.717, 1.165) is 12.0 Å². The maximum atomic E-state index is 12.9. The summed E-state index contributed by atoms with van der Waals surface area (Å²) in [5.74, 6) is -1.06. The van der Waals surface area contributed by atoms with Gasteiger partial charge in [-0.3, -0.25) is 14.4 Å². The first-order chi connectivity index (χ1) is 13.7. The van der Waals surface area contributed by atoms with Gasteiger partial charge in [0.05, 0.1) is 6.04 Å². The Morgan fingerprint density at radius 2 is 1.90 bits per heavy atom. The van der Waals surface area contributed by atoms with E-state index in [1.807, 2.05) is 30.3 Å². The van der Waals surface area contributed by atoms with Gasteiger partial charge in [0, 0.05) is 24.3 Å². The van der Waals surface area contributed by atoms with Crippen molar-refractivity contribution in [3.63, 3.8) is 0 Å². The molecule has 0 saturated carbocycles. The van der Waals surface area contributed by atoms with E-state index in [9.17, 15) is 19.2 Å². The lowest BCUT2D eigenvalue weighted by Crippen LogP contribution is -2.53. The first-order valence-corrected chi connectivity index (χ1v) is 10.1. The van der Waals surface area contributed by atoms with Crippen LogP contribution in [-0.4, -0.2) is 42.6 Å². The average Bonchev–Trinajstić information content (AvgIpc) is 2.68. The molecule has 0 unspecified atom stereocenters. The summed E-state index contributed by atoms with van der Waals surface area (Å²) in [6.45, 7) is 5.96. The maximum Gasteiger partial charge on any atom is 0.243 e. The Morgan fingerprint density at radius 1 is 1.21 bits per heavy atom. The normalized spacial score (nSPS) is 18.9. The van der Waals surface area contributed by atoms with Crippen molar-refractivity contribution in [1.29, 1.82) is 0 Å². The number of piperidine rings is 1. The molecule has 2 rings (SSSR count). The quantitative estimate of drug-likeness (QED) is 0.572. The first kappa shape index (κ1) is 22.6. The predicted octanol–water partition coefficient (Wildman–Crippen LogP) is 1.36. The third-order valence-electron chi connectivity index (χ3n) is 5.02. The van der Waals surface area contributed by atoms with E-state index in [1.54, 1.807) is 20.8 Å². The number of carbonyl (C=O) groups excluding carboxylic acids is 4. The van der Waals surface area contributed by atoms with E-state index in [-0.39, 0.29) is 24.2 Å². The van der Waals surface area contributed by atoms with Gasteiger partial charge in [0.15, 0.2) is 0 Å². The molecule has 0 spiro atoms. The Kier molecular flexibility index (Phi) is 7.93. The fourth-order valence-electron chi connectivity index (χ4n) is 3.23. The summed E-state index contributed by atoms with van der Waals surface area (Å²) in [5, 5.41) is 8.30. The molecule has 1 aromatic rings. The van der Waals surface area contributed by atoms with Gasteiger partial charge in [0.2, 0.25) is 17.7 Å². The molecule has 158 valence electrons. The van der Waals surface area contributed by atoms with Crippen LogP contribution in [0.25, 0.3) is 0 Å². The van der Waals surface area contributed by atoms with Gasteiger partial charge in [-0.25, -0.2) is 0 Å². The fourth-order valence-corrected chi connectivity index (χ4v) is 3.23. The van der Waals surface area contributed by atoms with Crippen LogP contribution in [0.4, 0.5) is 0 Å². The summed E-state index contributed by atoms with van der Waals surface area (Å²) >= 11 is 0. The summed E-state index contributed by atoms with van der Waals surface area (Å²) < 4.78 is 0. The Balaban J connectivity index is 2.08. The highest BCUT2D eigenvalue weighted by Crippen LogP contribution is 2.17. The zero-order chi connectivity index (χ0) is 21.4. The maximum absolute atomic E-state index is 12.9. The highest BCUT2D eigenvalue weighted by molar-refractivity contribution is 5.91. The largest absolute Gasteiger partial charge is 0.356 e. The van der Waals surface area contributed by atoms with E-state index in [4.69, 9.17) is 0 Å². The van der Waals surface area contributed by atoms with Crippen LogP contribution in [0.15, 0.2) is 30.3 Å². The molecule has 1 aliphatic heterocycles. The molecule has 1 saturated heterocycles. The molecular weight excluding hydrogens is 370 g/mol. The van der Waals surface area contributed by atoms with Crippen molar-refractivity contribution in [2.24, 2.45) is 11.3 Å². The second-order valence-electron chi connectivity index (χ2n) is 8.58. The average molecular weight is 402 g/mol. The second-order valence-corrected chi connectivity index (χ2v) is 8.58. The van der Waals surface area contributed by atoms with Crippen molar-refractivity contribution in [2.75, 3.05) is 6.54 Å². The van der Waals surface area contributed by atoms with Crippen molar-refractivity contribution in [3.05, 3.63) is 35.9 Å². The SMILES string of the molecule is CC(C)(C)C(=O)N[C@@H](Cc1ccccc1)C(=O)N[C@H](C=O)C[C@@H]1CCCNC1=O. The van der Waals surface area contributed by atoms with Crippen LogP contribution < -0.4 is 16.0 Å². The summed E-state index contributed by atoms with van der Waals surface area (Å²) in [6.07, 6.45) is 2.77. The first-order valence-electron chi connectivity index (χ1n) is 10.1. The van der Waals surface area contributed by atoms with Crippen molar-refractivity contribution >= 4 is 24.0 Å². The second kappa shape index (κ2) is 10.2. The zero-order valence-electron chi connectivity index (χ0n) is 17.4. The predicted molar refractivity (Wildman–Crippen MR) is 110 cm³/mol. The molecule has 1 aromatic carbocycles. The third-order valence-corrected chi connectivity index (χ3v) is 5.02. The van der Waals surface area contributed by atoms with Crippen molar-refractivity contribution in [2.45, 2.75) is 58.5 Å². The van der Waals surface area contributed by atoms with Gasteiger partial charge >= 0.3 is 0 Å². The van der Waals surface area contributed by atoms with Gasteiger partial charge in [-0.15, -0.1) is 0 Å². The lowest BCUT2D eigenvalue weighted by molar-refractivity contribution is -0.134. The van der Waals surface area contributed by atoms with Crippen molar-refractivity contribution in [1.82, 2.24) is 16.0 Å². The minimum atomic E-state index is -0.813. The molecule has 0 aliphatic carbocycles. The highest BCUT2D eigenvalue weighted by atomic mass is 16.2. The summed E-state index contributed by atoms with van der Waals surface area (Å²) in [6, 6.07) is 7.79. The summed E-state index contributed by atoms with van der Waals surface area (Å²) in [5.41, 5.74) is 0.246. The third kappa shape index (κ3) is 7.00. The molecule has 3 N–H and O–H groups in total. The van der Waals surface area contributed by atoms with Crippen molar-refractivity contribution < 1.29 is 19.2 Å². The van der Waals surface area contributed by atoms with Crippen molar-refractivity contribution in [3.8, 4) is 0 Å². The number of carbonyl (C=O) groups is 4. The minimum absolute atomic E-state index is 0.0841. The molecule has 1 fully saturated rings. The standard InChI is InChI=1S/C22H31N3O4/c1-22(2,3)21(29)25-18(12-15-8-5-4-6-9-15)20(28)24-17(14-26)13-16-10-7-11-23-19(16)27/h4-6,8-9,14,16-18H,7,10-13H2,1-3H3,(H,23,27)(H,24,28)(H,25,29)/t16-,17-,18-/m0/s1. The number of amides is 3. The van der Waals surface area contributed by atoms with Crippen LogP contribution in [-0.2, 0) is 25.6 Å². The number of benzene rings is 1. The van der Waals surface area contributed by atoms with Crippen LogP contribution in [0.1, 0.15) is 45.6 Å². The van der Waals surface area contributed by atoms with Crippen LogP contribution in [0.3, 0.4) is 0 Å². The zero-order valence-corrected chi connectivity index (χ0v) is 17.4. The number of nitrogens with one attached hydrogen (secondary N) is 3. The molecule has 7 heteroatoms. The topological polar surface area (TPSA) is 104 Å². The van der Waals surface area contributed by atoms with E-state index in [1.165, 1.54) is 0 Å². The fraction of sp³-hybridized carbons (Fsp3) is 0.545. The smallest absolute Gasteiger partial charge is 0.243 e. The lowest BCUT2D eigenvalue weighted by atomic mass is 9.91. The molecule has 29 heavy (non-hydrogen) atoms. The monoisotopic (exact) mass is 401 g/mol. The van der Waals surface area contributed by atoms with E-state index in [2.05, 4.69) is 16.0 Å². The van der Waals surface area contributed by atoms with Crippen LogP contribution in [0, 0.1) is 11.3 Å². The summed E-state index contributed by atoms with van der Waals surface area (Å²) in [4.78, 5) is 48.9. The number of hydrogen-bond donors (Lipinski definition) is 3. The van der Waals surface area contributed by atoms with Gasteiger partial charge in [-0.05, 0) is 24.8 Å².